The molecule has 0 fully saturated rings. The summed E-state index contributed by atoms with van der Waals surface area (Å²) in [6.45, 7) is 4.34. The summed E-state index contributed by atoms with van der Waals surface area (Å²) in [6.07, 6.45) is 1.39. The third kappa shape index (κ3) is 4.48. The van der Waals surface area contributed by atoms with Crippen LogP contribution in [-0.2, 0) is 20.0 Å². The van der Waals surface area contributed by atoms with Crippen molar-refractivity contribution in [2.45, 2.75) is 36.5 Å². The maximum absolute atomic E-state index is 12.6. The average Bonchev–Trinajstić information content (AvgIpc) is 3.09. The zero-order valence-corrected chi connectivity index (χ0v) is 16.7. The van der Waals surface area contributed by atoms with Crippen LogP contribution < -0.4 is 9.44 Å². The number of aryl methyl sites for hydroxylation is 2. The molecular formula is C18H21N3O4S2. The zero-order chi connectivity index (χ0) is 19.7. The van der Waals surface area contributed by atoms with Crippen LogP contribution in [0.1, 0.15) is 24.0 Å². The van der Waals surface area contributed by atoms with E-state index in [4.69, 9.17) is 0 Å². The molecule has 0 unspecified atom stereocenters. The molecule has 0 radical (unpaired) electrons. The van der Waals surface area contributed by atoms with Gasteiger partial charge < -0.3 is 0 Å². The fourth-order valence-electron chi connectivity index (χ4n) is 2.66. The molecule has 2 aromatic rings. The van der Waals surface area contributed by atoms with Gasteiger partial charge >= 0.3 is 0 Å². The molecule has 27 heavy (non-hydrogen) atoms. The number of anilines is 1. The number of rotatable bonds is 5. The van der Waals surface area contributed by atoms with E-state index in [-0.39, 0.29) is 15.5 Å². The summed E-state index contributed by atoms with van der Waals surface area (Å²) < 4.78 is 55.1. The summed E-state index contributed by atoms with van der Waals surface area (Å²) >= 11 is 0. The molecular weight excluding hydrogens is 386 g/mol. The first-order chi connectivity index (χ1) is 12.7. The number of nitrogens with zero attached hydrogens (tertiary/aromatic N) is 1. The Hall–Kier alpha value is -2.39. The normalized spacial score (nSPS) is 14.7. The van der Waals surface area contributed by atoms with Gasteiger partial charge in [-0.1, -0.05) is 12.1 Å². The lowest BCUT2D eigenvalue weighted by molar-refractivity contribution is 0.591. The van der Waals surface area contributed by atoms with E-state index >= 15 is 0 Å². The van der Waals surface area contributed by atoms with Gasteiger partial charge in [0.25, 0.3) is 20.0 Å². The Kier molecular flexibility index (Phi) is 5.25. The zero-order valence-electron chi connectivity index (χ0n) is 15.1. The minimum atomic E-state index is -3.83. The van der Waals surface area contributed by atoms with E-state index in [0.29, 0.717) is 18.8 Å². The van der Waals surface area contributed by atoms with E-state index in [2.05, 4.69) is 14.4 Å². The van der Waals surface area contributed by atoms with Crippen LogP contribution in [-0.4, -0.2) is 29.2 Å². The van der Waals surface area contributed by atoms with Crippen molar-refractivity contribution in [3.8, 4) is 0 Å². The number of aliphatic imine (C=N–C) groups is 1. The molecule has 2 aromatic carbocycles. The van der Waals surface area contributed by atoms with Gasteiger partial charge in [-0.3, -0.25) is 14.4 Å². The lowest BCUT2D eigenvalue weighted by atomic mass is 10.1. The van der Waals surface area contributed by atoms with Crippen LogP contribution in [0.25, 0.3) is 0 Å². The van der Waals surface area contributed by atoms with Crippen LogP contribution in [0.2, 0.25) is 0 Å². The Labute approximate surface area is 159 Å². The molecule has 0 atom stereocenters. The van der Waals surface area contributed by atoms with Gasteiger partial charge in [-0.2, -0.15) is 0 Å². The van der Waals surface area contributed by atoms with E-state index in [9.17, 15) is 16.8 Å². The molecule has 0 bridgehead atoms. The molecule has 3 rings (SSSR count). The van der Waals surface area contributed by atoms with Crippen LogP contribution in [0.4, 0.5) is 5.69 Å². The van der Waals surface area contributed by atoms with Crippen LogP contribution >= 0.6 is 0 Å². The van der Waals surface area contributed by atoms with E-state index < -0.39 is 20.0 Å². The van der Waals surface area contributed by atoms with Crippen molar-refractivity contribution in [2.75, 3.05) is 11.3 Å². The third-order valence-corrected chi connectivity index (χ3v) is 7.07. The molecule has 144 valence electrons. The number of hydrogen-bond donors (Lipinski definition) is 2. The molecule has 0 aromatic heterocycles. The van der Waals surface area contributed by atoms with Crippen molar-refractivity contribution in [2.24, 2.45) is 4.99 Å². The molecule has 0 spiro atoms. The maximum Gasteiger partial charge on any atom is 0.262 e. The highest BCUT2D eigenvalue weighted by Crippen LogP contribution is 2.21. The number of sulfonamides is 2. The summed E-state index contributed by atoms with van der Waals surface area (Å²) in [4.78, 5) is 4.19. The quantitative estimate of drug-likeness (QED) is 0.795. The number of benzene rings is 2. The SMILES string of the molecule is Cc1ccc(S(=O)(=O)Nc2cccc(S(=O)(=O)NC3=NCCC3)c2)cc1C. The average molecular weight is 408 g/mol. The van der Waals surface area contributed by atoms with Gasteiger partial charge in [-0.05, 0) is 61.7 Å². The lowest BCUT2D eigenvalue weighted by Crippen LogP contribution is -2.29. The monoisotopic (exact) mass is 407 g/mol. The second-order valence-electron chi connectivity index (χ2n) is 6.42. The predicted molar refractivity (Wildman–Crippen MR) is 105 cm³/mol. The molecule has 0 aliphatic carbocycles. The minimum absolute atomic E-state index is 0.0302. The van der Waals surface area contributed by atoms with Crippen molar-refractivity contribution < 1.29 is 16.8 Å². The van der Waals surface area contributed by atoms with E-state index in [1.54, 1.807) is 12.1 Å². The molecule has 2 N–H and O–H groups in total. The summed E-state index contributed by atoms with van der Waals surface area (Å²) in [5.41, 5.74) is 2.02. The van der Waals surface area contributed by atoms with Gasteiger partial charge in [0.2, 0.25) is 0 Å². The van der Waals surface area contributed by atoms with Gasteiger partial charge in [-0.15, -0.1) is 0 Å². The van der Waals surface area contributed by atoms with Gasteiger partial charge in [-0.25, -0.2) is 16.8 Å². The Morgan fingerprint density at radius 3 is 2.22 bits per heavy atom. The molecule has 9 heteroatoms. The Bertz CT molecular complexity index is 1110. The first-order valence-electron chi connectivity index (χ1n) is 8.44. The highest BCUT2D eigenvalue weighted by Gasteiger charge is 2.20. The summed E-state index contributed by atoms with van der Waals surface area (Å²) in [7, 11) is -7.64. The van der Waals surface area contributed by atoms with Crippen molar-refractivity contribution in [1.29, 1.82) is 0 Å². The fraction of sp³-hybridized carbons (Fsp3) is 0.278. The van der Waals surface area contributed by atoms with Crippen molar-refractivity contribution in [1.82, 2.24) is 4.72 Å². The standard InChI is InChI=1S/C18H21N3O4S2/c1-13-8-9-17(11-14(13)2)26(22,23)20-15-5-3-6-16(12-15)27(24,25)21-18-7-4-10-19-18/h3,5-6,8-9,11-12,20H,4,7,10H2,1-2H3,(H,19,21). The summed E-state index contributed by atoms with van der Waals surface area (Å²) in [5, 5.41) is 0. The predicted octanol–water partition coefficient (Wildman–Crippen LogP) is 2.57. The van der Waals surface area contributed by atoms with Gasteiger partial charge in [0.05, 0.1) is 15.5 Å². The number of amidine groups is 1. The molecule has 1 aliphatic rings. The number of nitrogens with one attached hydrogen (secondary N) is 2. The summed E-state index contributed by atoms with van der Waals surface area (Å²) in [6, 6.07) is 10.5. The van der Waals surface area contributed by atoms with E-state index in [1.165, 1.54) is 30.3 Å². The van der Waals surface area contributed by atoms with Gasteiger partial charge in [0.15, 0.2) is 0 Å². The minimum Gasteiger partial charge on any atom is -0.280 e. The van der Waals surface area contributed by atoms with Crippen LogP contribution in [0, 0.1) is 13.8 Å². The summed E-state index contributed by atoms with van der Waals surface area (Å²) in [5.74, 6) is 0.427. The highest BCUT2D eigenvalue weighted by atomic mass is 32.2. The van der Waals surface area contributed by atoms with Crippen molar-refractivity contribution in [3.63, 3.8) is 0 Å². The van der Waals surface area contributed by atoms with Crippen LogP contribution in [0.3, 0.4) is 0 Å². The van der Waals surface area contributed by atoms with Gasteiger partial charge in [0.1, 0.15) is 5.84 Å². The first kappa shape index (κ1) is 19.4. The molecule has 1 aliphatic heterocycles. The Morgan fingerprint density at radius 1 is 0.852 bits per heavy atom. The smallest absolute Gasteiger partial charge is 0.262 e. The topological polar surface area (TPSA) is 105 Å². The van der Waals surface area contributed by atoms with Crippen LogP contribution in [0.15, 0.2) is 57.2 Å². The molecule has 0 saturated carbocycles. The molecule has 7 nitrogen and oxygen atoms in total. The molecule has 0 amide bonds. The van der Waals surface area contributed by atoms with Crippen molar-refractivity contribution in [3.05, 3.63) is 53.6 Å². The highest BCUT2D eigenvalue weighted by molar-refractivity contribution is 7.92. The van der Waals surface area contributed by atoms with E-state index in [0.717, 1.165) is 17.5 Å². The fourth-order valence-corrected chi connectivity index (χ4v) is 4.93. The third-order valence-electron chi connectivity index (χ3n) is 4.31. The molecule has 1 heterocycles. The second kappa shape index (κ2) is 7.32. The van der Waals surface area contributed by atoms with Crippen molar-refractivity contribution >= 4 is 31.6 Å². The second-order valence-corrected chi connectivity index (χ2v) is 9.78. The molecule has 0 saturated heterocycles. The van der Waals surface area contributed by atoms with E-state index in [1.807, 2.05) is 13.8 Å². The number of hydrogen-bond acceptors (Lipinski definition) is 5. The maximum atomic E-state index is 12.6. The van der Waals surface area contributed by atoms with Gasteiger partial charge in [0, 0.05) is 13.0 Å². The first-order valence-corrected chi connectivity index (χ1v) is 11.4. The Balaban J connectivity index is 1.85. The van der Waals surface area contributed by atoms with Crippen LogP contribution in [0.5, 0.6) is 0 Å². The Morgan fingerprint density at radius 2 is 1.56 bits per heavy atom. The lowest BCUT2D eigenvalue weighted by Gasteiger charge is -2.12. The largest absolute Gasteiger partial charge is 0.280 e.